The number of hydrogen-bond donors (Lipinski definition) is 0. The smallest absolute Gasteiger partial charge is 0.313 e. The van der Waals surface area contributed by atoms with Crippen LogP contribution in [0.1, 0.15) is 12.5 Å². The van der Waals surface area contributed by atoms with E-state index < -0.39 is 0 Å². The summed E-state index contributed by atoms with van der Waals surface area (Å²) >= 11 is 0. The zero-order chi connectivity index (χ0) is 11.9. The van der Waals surface area contributed by atoms with Gasteiger partial charge in [0.2, 0.25) is 0 Å². The highest BCUT2D eigenvalue weighted by Gasteiger charge is 2.54. The van der Waals surface area contributed by atoms with E-state index >= 15 is 0 Å². The minimum Gasteiger partial charge on any atom is -0.465 e. The molecular weight excluding hydrogens is 214 g/mol. The summed E-state index contributed by atoms with van der Waals surface area (Å²) in [6, 6.07) is 10.4. The molecule has 0 spiro atoms. The van der Waals surface area contributed by atoms with Gasteiger partial charge in [-0.15, -0.1) is 0 Å². The summed E-state index contributed by atoms with van der Waals surface area (Å²) in [5.74, 6) is 0.358. The van der Waals surface area contributed by atoms with Crippen LogP contribution in [-0.4, -0.2) is 30.6 Å². The van der Waals surface area contributed by atoms with E-state index in [-0.39, 0.29) is 11.4 Å². The summed E-state index contributed by atoms with van der Waals surface area (Å²) in [5, 5.41) is 0. The number of fused-ring (bicyclic) bond motifs is 1. The van der Waals surface area contributed by atoms with Gasteiger partial charge in [0.15, 0.2) is 0 Å². The van der Waals surface area contributed by atoms with Crippen LogP contribution in [0.4, 0.5) is 0 Å². The molecule has 3 rings (SSSR count). The lowest BCUT2D eigenvalue weighted by Crippen LogP contribution is -2.31. The lowest BCUT2D eigenvalue weighted by atomic mass is 9.83. The number of hydrogen-bond acceptors (Lipinski definition) is 3. The molecular formula is C14H17NO2. The monoisotopic (exact) mass is 231 g/mol. The highest BCUT2D eigenvalue weighted by atomic mass is 16.5. The van der Waals surface area contributed by atoms with Gasteiger partial charge in [-0.25, -0.2) is 0 Å². The third-order valence-electron chi connectivity index (χ3n) is 4.06. The predicted molar refractivity (Wildman–Crippen MR) is 64.3 cm³/mol. The fraction of sp³-hybridized carbons (Fsp3) is 0.500. The van der Waals surface area contributed by atoms with Crippen LogP contribution in [0, 0.1) is 11.3 Å². The van der Waals surface area contributed by atoms with Crippen LogP contribution in [0.5, 0.6) is 0 Å². The molecule has 2 aliphatic heterocycles. The maximum atomic E-state index is 11.7. The summed E-state index contributed by atoms with van der Waals surface area (Å²) < 4.78 is 5.16. The van der Waals surface area contributed by atoms with E-state index in [0.29, 0.717) is 12.5 Å². The molecule has 0 unspecified atom stereocenters. The van der Waals surface area contributed by atoms with E-state index in [1.165, 1.54) is 5.56 Å². The van der Waals surface area contributed by atoms with Gasteiger partial charge in [-0.2, -0.15) is 0 Å². The molecule has 0 amide bonds. The number of rotatable bonds is 2. The Morgan fingerprint density at radius 1 is 1.41 bits per heavy atom. The minimum atomic E-state index is -0.269. The number of carbonyl (C=O) groups is 1. The average Bonchev–Trinajstić information content (AvgIpc) is 2.77. The third kappa shape index (κ3) is 1.75. The Labute approximate surface area is 101 Å². The first kappa shape index (κ1) is 10.8. The Hall–Kier alpha value is -1.35. The molecule has 0 radical (unpaired) electrons. The first-order valence-electron chi connectivity index (χ1n) is 6.12. The van der Waals surface area contributed by atoms with Crippen LogP contribution in [-0.2, 0) is 16.1 Å². The van der Waals surface area contributed by atoms with Crippen LogP contribution in [0.2, 0.25) is 0 Å². The maximum Gasteiger partial charge on any atom is 0.313 e. The van der Waals surface area contributed by atoms with Crippen molar-refractivity contribution in [2.45, 2.75) is 13.5 Å². The van der Waals surface area contributed by atoms with Crippen LogP contribution < -0.4 is 0 Å². The molecule has 17 heavy (non-hydrogen) atoms. The zero-order valence-corrected chi connectivity index (χ0v) is 10.1. The Morgan fingerprint density at radius 2 is 2.18 bits per heavy atom. The first-order valence-corrected chi connectivity index (χ1v) is 6.12. The second-order valence-corrected chi connectivity index (χ2v) is 5.37. The van der Waals surface area contributed by atoms with Gasteiger partial charge in [-0.05, 0) is 12.5 Å². The van der Waals surface area contributed by atoms with E-state index in [9.17, 15) is 4.79 Å². The Balaban J connectivity index is 1.71. The fourth-order valence-corrected chi connectivity index (χ4v) is 2.94. The van der Waals surface area contributed by atoms with E-state index in [4.69, 9.17) is 4.74 Å². The molecule has 2 heterocycles. The normalized spacial score (nSPS) is 32.5. The van der Waals surface area contributed by atoms with Crippen LogP contribution >= 0.6 is 0 Å². The van der Waals surface area contributed by atoms with Crippen molar-refractivity contribution in [1.82, 2.24) is 4.90 Å². The van der Waals surface area contributed by atoms with Crippen molar-refractivity contribution < 1.29 is 9.53 Å². The molecule has 90 valence electrons. The topological polar surface area (TPSA) is 29.5 Å². The molecule has 3 nitrogen and oxygen atoms in total. The molecule has 0 N–H and O–H groups in total. The van der Waals surface area contributed by atoms with Gasteiger partial charge in [0, 0.05) is 25.6 Å². The average molecular weight is 231 g/mol. The van der Waals surface area contributed by atoms with Crippen molar-refractivity contribution >= 4 is 5.97 Å². The second kappa shape index (κ2) is 3.84. The number of nitrogens with zero attached hydrogens (tertiary/aromatic N) is 1. The molecule has 0 aromatic heterocycles. The zero-order valence-electron chi connectivity index (χ0n) is 10.1. The summed E-state index contributed by atoms with van der Waals surface area (Å²) in [7, 11) is 0. The van der Waals surface area contributed by atoms with Gasteiger partial charge >= 0.3 is 5.97 Å². The van der Waals surface area contributed by atoms with Crippen molar-refractivity contribution in [3.05, 3.63) is 35.9 Å². The van der Waals surface area contributed by atoms with Crippen LogP contribution in [0.25, 0.3) is 0 Å². The van der Waals surface area contributed by atoms with E-state index in [1.54, 1.807) is 0 Å². The van der Waals surface area contributed by atoms with Gasteiger partial charge in [0.25, 0.3) is 0 Å². The Kier molecular flexibility index (Phi) is 2.44. The molecule has 3 heteroatoms. The summed E-state index contributed by atoms with van der Waals surface area (Å²) in [5.41, 5.74) is 1.04. The number of benzene rings is 1. The highest BCUT2D eigenvalue weighted by molar-refractivity contribution is 5.79. The molecule has 2 fully saturated rings. The van der Waals surface area contributed by atoms with Gasteiger partial charge in [-0.1, -0.05) is 30.3 Å². The van der Waals surface area contributed by atoms with Crippen LogP contribution in [0.3, 0.4) is 0 Å². The summed E-state index contributed by atoms with van der Waals surface area (Å²) in [4.78, 5) is 14.1. The Bertz CT molecular complexity index is 431. The molecule has 2 aliphatic rings. The third-order valence-corrected chi connectivity index (χ3v) is 4.06. The molecule has 0 saturated carbocycles. The maximum absolute atomic E-state index is 11.7. The quantitative estimate of drug-likeness (QED) is 0.725. The van der Waals surface area contributed by atoms with E-state index in [2.05, 4.69) is 29.2 Å². The molecule has 0 bridgehead atoms. The molecule has 1 aromatic carbocycles. The van der Waals surface area contributed by atoms with Crippen molar-refractivity contribution in [2.75, 3.05) is 19.7 Å². The molecule has 0 aliphatic carbocycles. The van der Waals surface area contributed by atoms with Crippen molar-refractivity contribution in [1.29, 1.82) is 0 Å². The van der Waals surface area contributed by atoms with Crippen molar-refractivity contribution in [3.8, 4) is 0 Å². The van der Waals surface area contributed by atoms with Crippen molar-refractivity contribution in [3.63, 3.8) is 0 Å². The van der Waals surface area contributed by atoms with Crippen molar-refractivity contribution in [2.24, 2.45) is 11.3 Å². The number of cyclic esters (lactones) is 1. The minimum absolute atomic E-state index is 0.0157. The van der Waals surface area contributed by atoms with Gasteiger partial charge in [0.05, 0.1) is 12.0 Å². The number of carbonyl (C=O) groups excluding carboxylic acids is 1. The van der Waals surface area contributed by atoms with E-state index in [0.717, 1.165) is 19.6 Å². The fourth-order valence-electron chi connectivity index (χ4n) is 2.94. The number of esters is 1. The Morgan fingerprint density at radius 3 is 2.88 bits per heavy atom. The number of likely N-dealkylation sites (tertiary alicyclic amines) is 1. The largest absolute Gasteiger partial charge is 0.465 e. The standard InChI is InChI=1S/C14H17NO2/c1-14-10-15(7-11-5-3-2-4-6-11)8-12(14)9-17-13(14)16/h2-6,12H,7-10H2,1H3/t12-,14+/m0/s1. The van der Waals surface area contributed by atoms with Crippen LogP contribution in [0.15, 0.2) is 30.3 Å². The van der Waals surface area contributed by atoms with E-state index in [1.807, 2.05) is 13.0 Å². The number of ether oxygens (including phenoxy) is 1. The SMILES string of the molecule is C[C@@]12CN(Cc3ccccc3)C[C@H]1COC2=O. The summed E-state index contributed by atoms with van der Waals surface area (Å²) in [6.45, 7) is 5.36. The summed E-state index contributed by atoms with van der Waals surface area (Å²) in [6.07, 6.45) is 0. The first-order chi connectivity index (χ1) is 8.18. The van der Waals surface area contributed by atoms with Gasteiger partial charge < -0.3 is 4.74 Å². The molecule has 2 atom stereocenters. The highest BCUT2D eigenvalue weighted by Crippen LogP contribution is 2.42. The predicted octanol–water partition coefficient (Wildman–Crippen LogP) is 1.68. The molecule has 1 aromatic rings. The lowest BCUT2D eigenvalue weighted by Gasteiger charge is -2.19. The molecule has 2 saturated heterocycles. The second-order valence-electron chi connectivity index (χ2n) is 5.37. The lowest BCUT2D eigenvalue weighted by molar-refractivity contribution is -0.145. The van der Waals surface area contributed by atoms with Gasteiger partial charge in [-0.3, -0.25) is 9.69 Å². The van der Waals surface area contributed by atoms with Gasteiger partial charge in [0.1, 0.15) is 0 Å².